The minimum Gasteiger partial charge on any atom is -0.508 e. The van der Waals surface area contributed by atoms with Crippen LogP contribution in [0.3, 0.4) is 0 Å². The summed E-state index contributed by atoms with van der Waals surface area (Å²) >= 11 is 1.75. The highest BCUT2D eigenvalue weighted by molar-refractivity contribution is 8.01. The molecule has 5 nitrogen and oxygen atoms in total. The topological polar surface area (TPSA) is 60.9 Å². The number of fused-ring (bicyclic) bond motifs is 1. The maximum atomic E-state index is 13.0. The Balaban J connectivity index is 1.40. The summed E-state index contributed by atoms with van der Waals surface area (Å²) in [4.78, 5) is 28.9. The fourth-order valence-corrected chi connectivity index (χ4v) is 5.82. The summed E-state index contributed by atoms with van der Waals surface area (Å²) in [7, 11) is 0. The summed E-state index contributed by atoms with van der Waals surface area (Å²) in [6.07, 6.45) is 3.28. The Morgan fingerprint density at radius 2 is 1.92 bits per heavy atom. The molecule has 0 bridgehead atoms. The van der Waals surface area contributed by atoms with E-state index < -0.39 is 0 Å². The number of amides is 2. The van der Waals surface area contributed by atoms with Gasteiger partial charge in [-0.3, -0.25) is 9.59 Å². The van der Waals surface area contributed by atoms with E-state index in [9.17, 15) is 14.7 Å². The number of carbonyl (C=O) groups excluding carboxylic acids is 2. The van der Waals surface area contributed by atoms with Crippen LogP contribution >= 0.6 is 11.8 Å². The number of aromatic hydroxyl groups is 1. The second kappa shape index (κ2) is 6.24. The molecule has 6 heteroatoms. The number of nitrogens with zero attached hydrogens (tertiary/aromatic N) is 2. The number of hydrogen-bond acceptors (Lipinski definition) is 4. The molecule has 3 fully saturated rings. The lowest BCUT2D eigenvalue weighted by molar-refractivity contribution is -0.144. The average Bonchev–Trinajstić information content (AvgIpc) is 3.11. The molecule has 3 saturated heterocycles. The number of phenolic OH excluding ortho intramolecular Hbond substituents is 1. The van der Waals surface area contributed by atoms with E-state index in [1.54, 1.807) is 23.9 Å². The maximum absolute atomic E-state index is 13.0. The van der Waals surface area contributed by atoms with Crippen molar-refractivity contribution in [1.82, 2.24) is 9.80 Å². The molecule has 2 unspecified atom stereocenters. The lowest BCUT2D eigenvalue weighted by Gasteiger charge is -2.36. The first-order chi connectivity index (χ1) is 12.0. The molecule has 4 rings (SSSR count). The first-order valence-electron chi connectivity index (χ1n) is 9.02. The highest BCUT2D eigenvalue weighted by atomic mass is 32.2. The van der Waals surface area contributed by atoms with Crippen LogP contribution in [0.25, 0.3) is 0 Å². The molecule has 2 amide bonds. The quantitative estimate of drug-likeness (QED) is 0.880. The van der Waals surface area contributed by atoms with Crippen LogP contribution in [-0.2, 0) is 9.59 Å². The number of carbonyl (C=O) groups is 2. The van der Waals surface area contributed by atoms with Crippen LogP contribution < -0.4 is 0 Å². The van der Waals surface area contributed by atoms with Gasteiger partial charge in [-0.1, -0.05) is 12.1 Å². The second-order valence-corrected chi connectivity index (χ2v) is 8.96. The monoisotopic (exact) mass is 360 g/mol. The first-order valence-corrected chi connectivity index (χ1v) is 10.0. The number of piperidine rings is 1. The molecule has 0 saturated carbocycles. The molecule has 3 aliphatic rings. The van der Waals surface area contributed by atoms with E-state index in [-0.39, 0.29) is 28.5 Å². The maximum Gasteiger partial charge on any atom is 0.246 e. The van der Waals surface area contributed by atoms with Gasteiger partial charge in [0.1, 0.15) is 11.8 Å². The second-order valence-electron chi connectivity index (χ2n) is 7.46. The Morgan fingerprint density at radius 3 is 2.60 bits per heavy atom. The van der Waals surface area contributed by atoms with Gasteiger partial charge < -0.3 is 14.9 Å². The molecule has 134 valence electrons. The van der Waals surface area contributed by atoms with E-state index in [0.29, 0.717) is 12.3 Å². The molecular formula is C19H24N2O3S. The van der Waals surface area contributed by atoms with E-state index in [1.807, 2.05) is 21.9 Å². The van der Waals surface area contributed by atoms with Crippen LogP contribution in [0.5, 0.6) is 5.75 Å². The van der Waals surface area contributed by atoms with Gasteiger partial charge in [0.05, 0.1) is 4.87 Å². The van der Waals surface area contributed by atoms with Crippen LogP contribution in [-0.4, -0.2) is 56.5 Å². The number of benzene rings is 1. The summed E-state index contributed by atoms with van der Waals surface area (Å²) in [5, 5.41) is 9.42. The van der Waals surface area contributed by atoms with Crippen molar-refractivity contribution in [3.63, 3.8) is 0 Å². The molecule has 25 heavy (non-hydrogen) atoms. The largest absolute Gasteiger partial charge is 0.508 e. The number of thioether (sulfide) groups is 1. The standard InChI is InChI=1S/C19H24N2O3S/c1-19-9-6-17(23)21(19)16(12-25-19)18(24)20-10-7-14(8-11-20)13-2-4-15(22)5-3-13/h2-5,14,16,22H,6-12H2,1H3. The van der Waals surface area contributed by atoms with Crippen LogP contribution in [0, 0.1) is 0 Å². The summed E-state index contributed by atoms with van der Waals surface area (Å²) < 4.78 is 0. The molecule has 0 aliphatic carbocycles. The minimum absolute atomic E-state index is 0.121. The molecule has 3 aliphatic heterocycles. The third-order valence-electron chi connectivity index (χ3n) is 5.90. The van der Waals surface area contributed by atoms with Crippen LogP contribution in [0.1, 0.15) is 44.1 Å². The highest BCUT2D eigenvalue weighted by Gasteiger charge is 2.53. The zero-order valence-electron chi connectivity index (χ0n) is 14.5. The molecule has 0 radical (unpaired) electrons. The van der Waals surface area contributed by atoms with Crippen molar-refractivity contribution >= 4 is 23.6 Å². The smallest absolute Gasteiger partial charge is 0.246 e. The van der Waals surface area contributed by atoms with Gasteiger partial charge in [0.15, 0.2) is 0 Å². The van der Waals surface area contributed by atoms with Gasteiger partial charge in [0, 0.05) is 25.3 Å². The van der Waals surface area contributed by atoms with Gasteiger partial charge in [-0.2, -0.15) is 0 Å². The normalized spacial score (nSPS) is 30.0. The third-order valence-corrected chi connectivity index (χ3v) is 7.41. The minimum atomic E-state index is -0.282. The molecule has 1 aromatic carbocycles. The van der Waals surface area contributed by atoms with Crippen molar-refractivity contribution in [3.05, 3.63) is 29.8 Å². The number of likely N-dealkylation sites (tertiary alicyclic amines) is 1. The van der Waals surface area contributed by atoms with Gasteiger partial charge in [-0.15, -0.1) is 11.8 Å². The van der Waals surface area contributed by atoms with Gasteiger partial charge in [-0.25, -0.2) is 0 Å². The van der Waals surface area contributed by atoms with Crippen LogP contribution in [0.2, 0.25) is 0 Å². The van der Waals surface area contributed by atoms with E-state index in [0.717, 1.165) is 38.1 Å². The Hall–Kier alpha value is -1.69. The zero-order valence-corrected chi connectivity index (χ0v) is 15.3. The van der Waals surface area contributed by atoms with E-state index in [2.05, 4.69) is 6.92 Å². The van der Waals surface area contributed by atoms with Crippen molar-refractivity contribution in [2.75, 3.05) is 18.8 Å². The Labute approximate surface area is 152 Å². The van der Waals surface area contributed by atoms with Crippen molar-refractivity contribution in [3.8, 4) is 5.75 Å². The number of hydrogen-bond donors (Lipinski definition) is 1. The summed E-state index contributed by atoms with van der Waals surface area (Å²) in [5.74, 6) is 1.69. The van der Waals surface area contributed by atoms with E-state index in [4.69, 9.17) is 0 Å². The molecular weight excluding hydrogens is 336 g/mol. The van der Waals surface area contributed by atoms with Crippen molar-refractivity contribution in [2.24, 2.45) is 0 Å². The Kier molecular flexibility index (Phi) is 4.18. The highest BCUT2D eigenvalue weighted by Crippen LogP contribution is 2.47. The molecule has 0 aromatic heterocycles. The molecule has 3 heterocycles. The molecule has 2 atom stereocenters. The van der Waals surface area contributed by atoms with Gasteiger partial charge in [0.25, 0.3) is 0 Å². The lowest BCUT2D eigenvalue weighted by Crippen LogP contribution is -2.52. The zero-order chi connectivity index (χ0) is 17.6. The summed E-state index contributed by atoms with van der Waals surface area (Å²) in [5.41, 5.74) is 1.23. The fraction of sp³-hybridized carbons (Fsp3) is 0.579. The van der Waals surface area contributed by atoms with Crippen molar-refractivity contribution in [1.29, 1.82) is 0 Å². The van der Waals surface area contributed by atoms with Crippen LogP contribution in [0.4, 0.5) is 0 Å². The van der Waals surface area contributed by atoms with E-state index >= 15 is 0 Å². The SMILES string of the molecule is CC12CCC(=O)N1C(C(=O)N1CCC(c3ccc(O)cc3)CC1)CS2. The Morgan fingerprint density at radius 1 is 1.24 bits per heavy atom. The third kappa shape index (κ3) is 2.90. The lowest BCUT2D eigenvalue weighted by atomic mass is 9.89. The Bertz CT molecular complexity index is 684. The fourth-order valence-electron chi connectivity index (χ4n) is 4.39. The summed E-state index contributed by atoms with van der Waals surface area (Å²) in [6, 6.07) is 7.11. The van der Waals surface area contributed by atoms with Crippen LogP contribution in [0.15, 0.2) is 24.3 Å². The predicted molar refractivity (Wildman–Crippen MR) is 97.4 cm³/mol. The van der Waals surface area contributed by atoms with Gasteiger partial charge >= 0.3 is 0 Å². The average molecular weight is 360 g/mol. The summed E-state index contributed by atoms with van der Waals surface area (Å²) in [6.45, 7) is 3.57. The number of rotatable bonds is 2. The van der Waals surface area contributed by atoms with Crippen molar-refractivity contribution < 1.29 is 14.7 Å². The molecule has 1 aromatic rings. The number of phenols is 1. The van der Waals surface area contributed by atoms with Gasteiger partial charge in [0.2, 0.25) is 11.8 Å². The van der Waals surface area contributed by atoms with Gasteiger partial charge in [-0.05, 0) is 49.8 Å². The first kappa shape index (κ1) is 16.8. The molecule has 0 spiro atoms. The van der Waals surface area contributed by atoms with Crippen molar-refractivity contribution in [2.45, 2.75) is 49.4 Å². The molecule has 1 N–H and O–H groups in total. The predicted octanol–water partition coefficient (Wildman–Crippen LogP) is 2.55. The van der Waals surface area contributed by atoms with E-state index in [1.165, 1.54) is 5.56 Å².